The minimum absolute atomic E-state index is 0.355. The van der Waals surface area contributed by atoms with Crippen LogP contribution in [0.3, 0.4) is 0 Å². The molecule has 120 valence electrons. The van der Waals surface area contributed by atoms with Crippen molar-refractivity contribution in [3.05, 3.63) is 22.8 Å². The lowest BCUT2D eigenvalue weighted by molar-refractivity contribution is -0.114. The molecule has 4 rings (SSSR count). The highest BCUT2D eigenvalue weighted by Crippen LogP contribution is 2.67. The van der Waals surface area contributed by atoms with Gasteiger partial charge < -0.3 is 0 Å². The lowest BCUT2D eigenvalue weighted by Crippen LogP contribution is -2.46. The van der Waals surface area contributed by atoms with Gasteiger partial charge in [0, 0.05) is 6.42 Å². The highest BCUT2D eigenvalue weighted by molar-refractivity contribution is 5.93. The van der Waals surface area contributed by atoms with Crippen LogP contribution in [0.25, 0.3) is 0 Å². The SMILES string of the molecule is CC1CC2(C)C(CCC2(C)C)C2CCC3=CC(=O)CCC3=C12. The number of allylic oxidation sites excluding steroid dienone is 4. The van der Waals surface area contributed by atoms with E-state index in [9.17, 15) is 4.79 Å². The number of rotatable bonds is 0. The molecule has 0 N–H and O–H groups in total. The Kier molecular flexibility index (Phi) is 3.07. The first kappa shape index (κ1) is 14.7. The number of ketones is 1. The second kappa shape index (κ2) is 4.58. The molecule has 4 atom stereocenters. The van der Waals surface area contributed by atoms with Crippen LogP contribution >= 0.6 is 0 Å². The van der Waals surface area contributed by atoms with Crippen LogP contribution in [0.5, 0.6) is 0 Å². The average molecular weight is 298 g/mol. The molecule has 0 aromatic rings. The molecule has 0 bridgehead atoms. The third kappa shape index (κ3) is 1.80. The van der Waals surface area contributed by atoms with Crippen molar-refractivity contribution in [3.63, 3.8) is 0 Å². The van der Waals surface area contributed by atoms with Crippen LogP contribution in [0.2, 0.25) is 0 Å². The zero-order chi connectivity index (χ0) is 15.7. The van der Waals surface area contributed by atoms with Gasteiger partial charge in [-0.05, 0) is 84.3 Å². The fourth-order valence-electron chi connectivity index (χ4n) is 6.53. The maximum atomic E-state index is 11.8. The first-order chi connectivity index (χ1) is 10.3. The highest BCUT2D eigenvalue weighted by atomic mass is 16.1. The predicted octanol–water partition coefficient (Wildman–Crippen LogP) is 5.46. The number of carbonyl (C=O) groups excluding carboxylic acids is 1. The molecule has 2 fully saturated rings. The van der Waals surface area contributed by atoms with Gasteiger partial charge in [-0.1, -0.05) is 33.3 Å². The van der Waals surface area contributed by atoms with Crippen molar-refractivity contribution in [1.82, 2.24) is 0 Å². The van der Waals surface area contributed by atoms with Gasteiger partial charge in [-0.15, -0.1) is 0 Å². The van der Waals surface area contributed by atoms with E-state index in [2.05, 4.69) is 27.7 Å². The third-order valence-corrected chi connectivity index (χ3v) is 8.01. The molecule has 0 spiro atoms. The summed E-state index contributed by atoms with van der Waals surface area (Å²) in [6.07, 6.45) is 10.3. The van der Waals surface area contributed by atoms with Gasteiger partial charge >= 0.3 is 0 Å². The van der Waals surface area contributed by atoms with Crippen molar-refractivity contribution in [2.24, 2.45) is 28.6 Å². The zero-order valence-electron chi connectivity index (χ0n) is 14.7. The van der Waals surface area contributed by atoms with Crippen molar-refractivity contribution in [3.8, 4) is 0 Å². The minimum atomic E-state index is 0.355. The monoisotopic (exact) mass is 298 g/mol. The van der Waals surface area contributed by atoms with Crippen molar-refractivity contribution in [2.75, 3.05) is 0 Å². The van der Waals surface area contributed by atoms with Gasteiger partial charge in [0.15, 0.2) is 5.78 Å². The summed E-state index contributed by atoms with van der Waals surface area (Å²) in [5, 5.41) is 0. The van der Waals surface area contributed by atoms with Crippen molar-refractivity contribution in [1.29, 1.82) is 0 Å². The molecule has 2 saturated carbocycles. The number of fused-ring (bicyclic) bond motifs is 4. The molecule has 1 nitrogen and oxygen atoms in total. The molecular formula is C21H30O. The van der Waals surface area contributed by atoms with Gasteiger partial charge in [0.1, 0.15) is 0 Å². The smallest absolute Gasteiger partial charge is 0.156 e. The van der Waals surface area contributed by atoms with Crippen LogP contribution in [0, 0.1) is 28.6 Å². The summed E-state index contributed by atoms with van der Waals surface area (Å²) in [4.78, 5) is 11.8. The Balaban J connectivity index is 1.80. The van der Waals surface area contributed by atoms with Crippen LogP contribution in [-0.4, -0.2) is 5.78 Å². The second-order valence-electron chi connectivity index (χ2n) is 9.27. The molecule has 1 heteroatoms. The summed E-state index contributed by atoms with van der Waals surface area (Å²) in [6.45, 7) is 10.1. The van der Waals surface area contributed by atoms with Gasteiger partial charge in [0.05, 0.1) is 0 Å². The fraction of sp³-hybridized carbons (Fsp3) is 0.762. The van der Waals surface area contributed by atoms with E-state index in [1.165, 1.54) is 31.3 Å². The molecule has 0 aromatic heterocycles. The van der Waals surface area contributed by atoms with Gasteiger partial charge in [-0.2, -0.15) is 0 Å². The van der Waals surface area contributed by atoms with Gasteiger partial charge in [0.2, 0.25) is 0 Å². The number of hydrogen-bond donors (Lipinski definition) is 0. The maximum absolute atomic E-state index is 11.8. The van der Waals surface area contributed by atoms with Crippen LogP contribution in [0.1, 0.15) is 72.6 Å². The van der Waals surface area contributed by atoms with E-state index in [0.29, 0.717) is 22.5 Å². The fourth-order valence-corrected chi connectivity index (χ4v) is 6.53. The maximum Gasteiger partial charge on any atom is 0.156 e. The summed E-state index contributed by atoms with van der Waals surface area (Å²) in [7, 11) is 0. The second-order valence-corrected chi connectivity index (χ2v) is 9.27. The summed E-state index contributed by atoms with van der Waals surface area (Å²) in [5.74, 6) is 2.74. The molecule has 0 aromatic carbocycles. The number of carbonyl (C=O) groups is 1. The molecule has 0 saturated heterocycles. The normalized spacial score (nSPS) is 43.4. The average Bonchev–Trinajstić information content (AvgIpc) is 2.68. The van der Waals surface area contributed by atoms with E-state index in [1.54, 1.807) is 11.1 Å². The Morgan fingerprint density at radius 1 is 1.09 bits per heavy atom. The lowest BCUT2D eigenvalue weighted by atomic mass is 9.50. The van der Waals surface area contributed by atoms with Crippen molar-refractivity contribution >= 4 is 5.78 Å². The molecule has 4 unspecified atom stereocenters. The summed E-state index contributed by atoms with van der Waals surface area (Å²) >= 11 is 0. The summed E-state index contributed by atoms with van der Waals surface area (Å²) < 4.78 is 0. The first-order valence-corrected chi connectivity index (χ1v) is 9.30. The first-order valence-electron chi connectivity index (χ1n) is 9.30. The van der Waals surface area contributed by atoms with Gasteiger partial charge in [0.25, 0.3) is 0 Å². The molecule has 4 aliphatic carbocycles. The Hall–Kier alpha value is -0.850. The Morgan fingerprint density at radius 2 is 1.86 bits per heavy atom. The number of hydrogen-bond acceptors (Lipinski definition) is 1. The van der Waals surface area contributed by atoms with Crippen LogP contribution in [-0.2, 0) is 4.79 Å². The van der Waals surface area contributed by atoms with E-state index in [-0.39, 0.29) is 0 Å². The van der Waals surface area contributed by atoms with Gasteiger partial charge in [-0.3, -0.25) is 4.79 Å². The Morgan fingerprint density at radius 3 is 2.64 bits per heavy atom. The molecule has 4 aliphatic rings. The standard InChI is InChI=1S/C21H30O/c1-13-12-21(4)18(9-10-20(21,2)3)17-7-5-14-11-15(22)6-8-16(14)19(13)17/h11,13,17-18H,5-10,12H2,1-4H3. The summed E-state index contributed by atoms with van der Waals surface area (Å²) in [5.41, 5.74) is 5.77. The summed E-state index contributed by atoms with van der Waals surface area (Å²) in [6, 6.07) is 0. The molecule has 22 heavy (non-hydrogen) atoms. The van der Waals surface area contributed by atoms with E-state index >= 15 is 0 Å². The largest absolute Gasteiger partial charge is 0.295 e. The molecule has 0 amide bonds. The van der Waals surface area contributed by atoms with Crippen LogP contribution in [0.15, 0.2) is 22.8 Å². The van der Waals surface area contributed by atoms with Crippen LogP contribution in [0.4, 0.5) is 0 Å². The predicted molar refractivity (Wildman–Crippen MR) is 90.5 cm³/mol. The lowest BCUT2D eigenvalue weighted by Gasteiger charge is -2.54. The van der Waals surface area contributed by atoms with Crippen molar-refractivity contribution in [2.45, 2.75) is 72.6 Å². The highest BCUT2D eigenvalue weighted by Gasteiger charge is 2.58. The molecule has 0 heterocycles. The molecular weight excluding hydrogens is 268 g/mol. The van der Waals surface area contributed by atoms with Crippen LogP contribution < -0.4 is 0 Å². The Bertz CT molecular complexity index is 591. The van der Waals surface area contributed by atoms with Crippen molar-refractivity contribution < 1.29 is 4.79 Å². The molecule has 0 radical (unpaired) electrons. The molecule has 0 aliphatic heterocycles. The van der Waals surface area contributed by atoms with E-state index in [0.717, 1.165) is 31.1 Å². The minimum Gasteiger partial charge on any atom is -0.295 e. The quantitative estimate of drug-likeness (QED) is 0.580. The Labute approximate surface area is 135 Å². The van der Waals surface area contributed by atoms with E-state index < -0.39 is 0 Å². The topological polar surface area (TPSA) is 17.1 Å². The van der Waals surface area contributed by atoms with Gasteiger partial charge in [-0.25, -0.2) is 0 Å². The van der Waals surface area contributed by atoms with E-state index in [4.69, 9.17) is 0 Å². The van der Waals surface area contributed by atoms with E-state index in [1.807, 2.05) is 6.08 Å². The third-order valence-electron chi connectivity index (χ3n) is 8.01. The zero-order valence-corrected chi connectivity index (χ0v) is 14.7.